The SMILES string of the molecule is Cc1cccc(CN(Cc2cccc(Cl)c2)Cc2cccc(CN)c2)c1. The molecule has 0 atom stereocenters. The Balaban J connectivity index is 1.82. The van der Waals surface area contributed by atoms with E-state index in [0.717, 1.165) is 24.7 Å². The van der Waals surface area contributed by atoms with E-state index >= 15 is 0 Å². The van der Waals surface area contributed by atoms with Gasteiger partial charge >= 0.3 is 0 Å². The van der Waals surface area contributed by atoms with E-state index in [-0.39, 0.29) is 0 Å². The third-order valence-electron chi connectivity index (χ3n) is 4.42. The molecule has 0 saturated heterocycles. The van der Waals surface area contributed by atoms with Gasteiger partial charge in [0, 0.05) is 31.2 Å². The summed E-state index contributed by atoms with van der Waals surface area (Å²) in [5.41, 5.74) is 12.1. The Morgan fingerprint density at radius 3 is 1.88 bits per heavy atom. The molecule has 0 aliphatic rings. The number of nitrogens with zero attached hydrogens (tertiary/aromatic N) is 1. The van der Waals surface area contributed by atoms with Crippen LogP contribution in [0.25, 0.3) is 0 Å². The summed E-state index contributed by atoms with van der Waals surface area (Å²) in [7, 11) is 0. The largest absolute Gasteiger partial charge is 0.326 e. The molecule has 2 nitrogen and oxygen atoms in total. The van der Waals surface area contributed by atoms with Crippen molar-refractivity contribution in [2.75, 3.05) is 0 Å². The Hall–Kier alpha value is -2.13. The number of rotatable bonds is 7. The molecule has 0 heterocycles. The molecule has 134 valence electrons. The number of nitrogens with two attached hydrogens (primary N) is 1. The minimum atomic E-state index is 0.569. The van der Waals surface area contributed by atoms with Crippen LogP contribution in [0.1, 0.15) is 27.8 Å². The van der Waals surface area contributed by atoms with E-state index in [9.17, 15) is 0 Å². The molecule has 0 spiro atoms. The maximum Gasteiger partial charge on any atom is 0.0409 e. The molecule has 3 heteroatoms. The molecular weight excluding hydrogens is 340 g/mol. The topological polar surface area (TPSA) is 29.3 Å². The summed E-state index contributed by atoms with van der Waals surface area (Å²) in [5, 5.41) is 0.781. The molecule has 0 aromatic heterocycles. The van der Waals surface area contributed by atoms with Gasteiger partial charge in [0.05, 0.1) is 0 Å². The summed E-state index contributed by atoms with van der Waals surface area (Å²) >= 11 is 6.18. The second-order valence-corrected chi connectivity index (χ2v) is 7.22. The molecule has 0 radical (unpaired) electrons. The number of aryl methyl sites for hydroxylation is 1. The van der Waals surface area contributed by atoms with Crippen molar-refractivity contribution in [3.05, 3.63) is 106 Å². The fourth-order valence-electron chi connectivity index (χ4n) is 3.24. The van der Waals surface area contributed by atoms with Crippen molar-refractivity contribution in [2.24, 2.45) is 5.73 Å². The highest BCUT2D eigenvalue weighted by Gasteiger charge is 2.10. The first kappa shape index (κ1) is 18.7. The van der Waals surface area contributed by atoms with Gasteiger partial charge in [0.2, 0.25) is 0 Å². The average Bonchev–Trinajstić information content (AvgIpc) is 2.62. The van der Waals surface area contributed by atoms with Crippen LogP contribution >= 0.6 is 11.6 Å². The van der Waals surface area contributed by atoms with E-state index in [2.05, 4.69) is 66.4 Å². The highest BCUT2D eigenvalue weighted by Crippen LogP contribution is 2.18. The van der Waals surface area contributed by atoms with Crippen molar-refractivity contribution in [3.63, 3.8) is 0 Å². The molecule has 0 unspecified atom stereocenters. The summed E-state index contributed by atoms with van der Waals surface area (Å²) in [6.45, 7) is 5.31. The number of hydrogen-bond acceptors (Lipinski definition) is 2. The monoisotopic (exact) mass is 364 g/mol. The fraction of sp³-hybridized carbons (Fsp3) is 0.217. The van der Waals surface area contributed by atoms with E-state index in [1.165, 1.54) is 27.8 Å². The van der Waals surface area contributed by atoms with Crippen molar-refractivity contribution in [3.8, 4) is 0 Å². The molecule has 0 fully saturated rings. The smallest absolute Gasteiger partial charge is 0.0409 e. The van der Waals surface area contributed by atoms with Gasteiger partial charge in [-0.2, -0.15) is 0 Å². The molecule has 0 aliphatic carbocycles. The lowest BCUT2D eigenvalue weighted by atomic mass is 10.1. The summed E-state index contributed by atoms with van der Waals surface area (Å²) in [4.78, 5) is 2.44. The van der Waals surface area contributed by atoms with Gasteiger partial charge in [0.15, 0.2) is 0 Å². The van der Waals surface area contributed by atoms with E-state index in [1.807, 2.05) is 18.2 Å². The normalized spacial score (nSPS) is 11.1. The van der Waals surface area contributed by atoms with Crippen LogP contribution in [0.4, 0.5) is 0 Å². The predicted molar refractivity (Wildman–Crippen MR) is 110 cm³/mol. The third kappa shape index (κ3) is 5.43. The predicted octanol–water partition coefficient (Wildman–Crippen LogP) is 5.31. The van der Waals surface area contributed by atoms with Gasteiger partial charge in [-0.15, -0.1) is 0 Å². The lowest BCUT2D eigenvalue weighted by Gasteiger charge is -2.23. The Morgan fingerprint density at radius 2 is 1.27 bits per heavy atom. The maximum absolute atomic E-state index is 6.18. The Morgan fingerprint density at radius 1 is 0.731 bits per heavy atom. The number of hydrogen-bond donors (Lipinski definition) is 1. The molecule has 3 aromatic carbocycles. The number of halogens is 1. The van der Waals surface area contributed by atoms with Crippen LogP contribution in [0.5, 0.6) is 0 Å². The first-order valence-electron chi connectivity index (χ1n) is 8.92. The maximum atomic E-state index is 6.18. The standard InChI is InChI=1S/C23H25ClN2/c1-18-5-2-7-20(11-18)15-26(17-22-9-4-10-23(24)13-22)16-21-8-3-6-19(12-21)14-25/h2-13H,14-17,25H2,1H3. The van der Waals surface area contributed by atoms with Crippen LogP contribution in [-0.4, -0.2) is 4.90 Å². The van der Waals surface area contributed by atoms with Gasteiger partial charge in [-0.05, 0) is 41.3 Å². The zero-order valence-electron chi connectivity index (χ0n) is 15.2. The second kappa shape index (κ2) is 9.00. The highest BCUT2D eigenvalue weighted by molar-refractivity contribution is 6.30. The third-order valence-corrected chi connectivity index (χ3v) is 4.65. The van der Waals surface area contributed by atoms with Crippen LogP contribution in [-0.2, 0) is 26.2 Å². The zero-order chi connectivity index (χ0) is 18.4. The fourth-order valence-corrected chi connectivity index (χ4v) is 3.46. The first-order valence-corrected chi connectivity index (χ1v) is 9.30. The van der Waals surface area contributed by atoms with Gasteiger partial charge in [-0.1, -0.05) is 77.8 Å². The molecular formula is C23H25ClN2. The summed E-state index contributed by atoms with van der Waals surface area (Å²) in [5.74, 6) is 0. The zero-order valence-corrected chi connectivity index (χ0v) is 15.9. The highest BCUT2D eigenvalue weighted by atomic mass is 35.5. The first-order chi connectivity index (χ1) is 12.6. The van der Waals surface area contributed by atoms with Crippen molar-refractivity contribution < 1.29 is 0 Å². The van der Waals surface area contributed by atoms with Crippen LogP contribution in [0.15, 0.2) is 72.8 Å². The Bertz CT molecular complexity index is 813. The summed E-state index contributed by atoms with van der Waals surface area (Å²) in [6, 6.07) is 25.3. The van der Waals surface area contributed by atoms with E-state index in [1.54, 1.807) is 0 Å². The van der Waals surface area contributed by atoms with Crippen molar-refractivity contribution in [1.29, 1.82) is 0 Å². The summed E-state index contributed by atoms with van der Waals surface area (Å²) < 4.78 is 0. The average molecular weight is 365 g/mol. The summed E-state index contributed by atoms with van der Waals surface area (Å²) in [6.07, 6.45) is 0. The van der Waals surface area contributed by atoms with Gasteiger partial charge in [0.1, 0.15) is 0 Å². The molecule has 0 amide bonds. The molecule has 0 aliphatic heterocycles. The minimum absolute atomic E-state index is 0.569. The molecule has 2 N–H and O–H groups in total. The molecule has 0 bridgehead atoms. The van der Waals surface area contributed by atoms with Crippen molar-refractivity contribution >= 4 is 11.6 Å². The lowest BCUT2D eigenvalue weighted by molar-refractivity contribution is 0.247. The quantitative estimate of drug-likeness (QED) is 0.615. The van der Waals surface area contributed by atoms with E-state index < -0.39 is 0 Å². The number of benzene rings is 3. The van der Waals surface area contributed by atoms with Crippen LogP contribution in [0.2, 0.25) is 5.02 Å². The van der Waals surface area contributed by atoms with Crippen LogP contribution in [0.3, 0.4) is 0 Å². The second-order valence-electron chi connectivity index (χ2n) is 6.79. The lowest BCUT2D eigenvalue weighted by Crippen LogP contribution is -2.22. The van der Waals surface area contributed by atoms with Gasteiger partial charge < -0.3 is 5.73 Å². The minimum Gasteiger partial charge on any atom is -0.326 e. The molecule has 3 aromatic rings. The van der Waals surface area contributed by atoms with Crippen molar-refractivity contribution in [1.82, 2.24) is 4.90 Å². The van der Waals surface area contributed by atoms with Gasteiger partial charge in [0.25, 0.3) is 0 Å². The Labute approximate surface area is 161 Å². The molecule has 3 rings (SSSR count). The molecule has 26 heavy (non-hydrogen) atoms. The van der Waals surface area contributed by atoms with Gasteiger partial charge in [-0.25, -0.2) is 0 Å². The van der Waals surface area contributed by atoms with E-state index in [4.69, 9.17) is 17.3 Å². The van der Waals surface area contributed by atoms with Crippen LogP contribution in [0, 0.1) is 6.92 Å². The Kier molecular flexibility index (Phi) is 6.45. The molecule has 0 saturated carbocycles. The van der Waals surface area contributed by atoms with Crippen molar-refractivity contribution in [2.45, 2.75) is 33.1 Å². The van der Waals surface area contributed by atoms with Crippen LogP contribution < -0.4 is 5.73 Å². The van der Waals surface area contributed by atoms with Gasteiger partial charge in [-0.3, -0.25) is 4.90 Å². The van der Waals surface area contributed by atoms with E-state index in [0.29, 0.717) is 6.54 Å².